The van der Waals surface area contributed by atoms with E-state index in [-0.39, 0.29) is 11.7 Å². The number of piperazine rings is 1. The van der Waals surface area contributed by atoms with Crippen LogP contribution < -0.4 is 10.6 Å². The summed E-state index contributed by atoms with van der Waals surface area (Å²) >= 11 is 0. The van der Waals surface area contributed by atoms with Gasteiger partial charge in [-0.15, -0.1) is 0 Å². The van der Waals surface area contributed by atoms with E-state index in [0.29, 0.717) is 41.6 Å². The SMILES string of the molecule is O=C1Nc2cc(C(=O)N3CCN(C4CCCCC4)CC3)ccc2NC1CS(=O)(=O)Cc1ccc(F)cc1. The topological polar surface area (TPSA) is 98.8 Å². The number of hydrogen-bond donors (Lipinski definition) is 2. The summed E-state index contributed by atoms with van der Waals surface area (Å²) in [6.45, 7) is 3.14. The van der Waals surface area contributed by atoms with E-state index in [4.69, 9.17) is 0 Å². The van der Waals surface area contributed by atoms with Crippen molar-refractivity contribution in [3.05, 3.63) is 59.4 Å². The number of rotatable bonds is 6. The number of amides is 2. The molecule has 0 radical (unpaired) electrons. The molecule has 37 heavy (non-hydrogen) atoms. The number of carbonyl (C=O) groups excluding carboxylic acids is 2. The highest BCUT2D eigenvalue weighted by molar-refractivity contribution is 7.90. The van der Waals surface area contributed by atoms with Gasteiger partial charge in [0.05, 0.1) is 22.9 Å². The number of anilines is 2. The average Bonchev–Trinajstić information content (AvgIpc) is 2.90. The van der Waals surface area contributed by atoms with Crippen molar-refractivity contribution < 1.29 is 22.4 Å². The van der Waals surface area contributed by atoms with Gasteiger partial charge in [-0.3, -0.25) is 14.5 Å². The van der Waals surface area contributed by atoms with Crippen LogP contribution in [-0.2, 0) is 20.4 Å². The Bertz CT molecular complexity index is 1250. The van der Waals surface area contributed by atoms with Crippen molar-refractivity contribution in [3.63, 3.8) is 0 Å². The summed E-state index contributed by atoms with van der Waals surface area (Å²) in [5, 5.41) is 5.76. The summed E-state index contributed by atoms with van der Waals surface area (Å²) < 4.78 is 38.5. The first-order valence-electron chi connectivity index (χ1n) is 13.0. The van der Waals surface area contributed by atoms with Gasteiger partial charge in [0.15, 0.2) is 9.84 Å². The van der Waals surface area contributed by atoms with Crippen molar-refractivity contribution in [1.29, 1.82) is 0 Å². The number of nitrogens with zero attached hydrogens (tertiary/aromatic N) is 2. The van der Waals surface area contributed by atoms with Gasteiger partial charge < -0.3 is 15.5 Å². The first-order chi connectivity index (χ1) is 17.8. The number of nitrogens with one attached hydrogen (secondary N) is 2. The number of hydrogen-bond acceptors (Lipinski definition) is 6. The molecule has 2 aromatic rings. The van der Waals surface area contributed by atoms with E-state index in [0.717, 1.165) is 13.1 Å². The zero-order valence-corrected chi connectivity index (χ0v) is 21.6. The molecule has 2 heterocycles. The van der Waals surface area contributed by atoms with E-state index in [1.165, 1.54) is 56.4 Å². The van der Waals surface area contributed by atoms with Gasteiger partial charge in [0.1, 0.15) is 11.9 Å². The van der Waals surface area contributed by atoms with Crippen molar-refractivity contribution in [2.75, 3.05) is 42.6 Å². The molecule has 8 nitrogen and oxygen atoms in total. The van der Waals surface area contributed by atoms with Crippen molar-refractivity contribution in [1.82, 2.24) is 9.80 Å². The fraction of sp³-hybridized carbons (Fsp3) is 0.481. The van der Waals surface area contributed by atoms with Crippen LogP contribution >= 0.6 is 0 Å². The highest BCUT2D eigenvalue weighted by Gasteiger charge is 2.32. The molecular weight excluding hydrogens is 495 g/mol. The lowest BCUT2D eigenvalue weighted by molar-refractivity contribution is -0.116. The maximum atomic E-state index is 13.2. The van der Waals surface area contributed by atoms with Gasteiger partial charge in [-0.1, -0.05) is 31.4 Å². The molecule has 0 aromatic heterocycles. The quantitative estimate of drug-likeness (QED) is 0.597. The summed E-state index contributed by atoms with van der Waals surface area (Å²) in [5.74, 6) is -1.66. The molecule has 5 rings (SSSR count). The van der Waals surface area contributed by atoms with E-state index in [9.17, 15) is 22.4 Å². The maximum Gasteiger partial charge on any atom is 0.254 e. The van der Waals surface area contributed by atoms with Gasteiger partial charge in [-0.05, 0) is 48.7 Å². The number of fused-ring (bicyclic) bond motifs is 1. The molecular formula is C27H33FN4O4S. The Morgan fingerprint density at radius 3 is 2.35 bits per heavy atom. The molecule has 2 aromatic carbocycles. The second-order valence-electron chi connectivity index (χ2n) is 10.2. The summed E-state index contributed by atoms with van der Waals surface area (Å²) in [4.78, 5) is 30.3. The standard InChI is InChI=1S/C27H33FN4O4S/c28-21-9-6-19(7-10-21)17-37(35,36)18-25-26(33)30-24-16-20(8-11-23(24)29-25)27(34)32-14-12-31(13-15-32)22-4-2-1-3-5-22/h6-11,16,22,25,29H,1-5,12-15,17-18H2,(H,30,33). The smallest absolute Gasteiger partial charge is 0.254 e. The van der Waals surface area contributed by atoms with E-state index >= 15 is 0 Å². The molecule has 10 heteroatoms. The van der Waals surface area contributed by atoms with Crippen molar-refractivity contribution in [2.45, 2.75) is 49.9 Å². The monoisotopic (exact) mass is 528 g/mol. The Hall–Kier alpha value is -2.98. The van der Waals surface area contributed by atoms with E-state index in [2.05, 4.69) is 15.5 Å². The molecule has 1 atom stereocenters. The van der Waals surface area contributed by atoms with Crippen molar-refractivity contribution >= 4 is 33.0 Å². The highest BCUT2D eigenvalue weighted by atomic mass is 32.2. The average molecular weight is 529 g/mol. The van der Waals surface area contributed by atoms with E-state index < -0.39 is 33.4 Å². The van der Waals surface area contributed by atoms with Crippen molar-refractivity contribution in [3.8, 4) is 0 Å². The van der Waals surface area contributed by atoms with Gasteiger partial charge in [-0.2, -0.15) is 0 Å². The van der Waals surface area contributed by atoms with Crippen LogP contribution in [0.3, 0.4) is 0 Å². The summed E-state index contributed by atoms with van der Waals surface area (Å²) in [5.41, 5.74) is 1.99. The van der Waals surface area contributed by atoms with Gasteiger partial charge in [0.2, 0.25) is 5.91 Å². The van der Waals surface area contributed by atoms with Crippen LogP contribution in [-0.4, -0.2) is 74.0 Å². The minimum atomic E-state index is -3.64. The predicted octanol–water partition coefficient (Wildman–Crippen LogP) is 3.26. The van der Waals surface area contributed by atoms with Crippen LogP contribution in [0.1, 0.15) is 48.0 Å². The van der Waals surface area contributed by atoms with E-state index in [1.807, 2.05) is 4.90 Å². The van der Waals surface area contributed by atoms with Crippen LogP contribution in [0.25, 0.3) is 0 Å². The minimum Gasteiger partial charge on any atom is -0.371 e. The largest absolute Gasteiger partial charge is 0.371 e. The number of sulfone groups is 1. The number of benzene rings is 2. The third kappa shape index (κ3) is 6.13. The third-order valence-corrected chi connectivity index (χ3v) is 9.20. The van der Waals surface area contributed by atoms with Crippen LogP contribution in [0.4, 0.5) is 15.8 Å². The van der Waals surface area contributed by atoms with Crippen molar-refractivity contribution in [2.24, 2.45) is 0 Å². The maximum absolute atomic E-state index is 13.2. The zero-order valence-electron chi connectivity index (χ0n) is 20.8. The van der Waals surface area contributed by atoms with Crippen LogP contribution in [0, 0.1) is 5.82 Å². The van der Waals surface area contributed by atoms with E-state index in [1.54, 1.807) is 18.2 Å². The Kier molecular flexibility index (Phi) is 7.48. The fourth-order valence-corrected chi connectivity index (χ4v) is 7.12. The summed E-state index contributed by atoms with van der Waals surface area (Å²) in [6, 6.07) is 10.0. The molecule has 1 saturated heterocycles. The molecule has 1 saturated carbocycles. The Morgan fingerprint density at radius 2 is 1.65 bits per heavy atom. The normalized spacial score (nSPS) is 21.2. The predicted molar refractivity (Wildman–Crippen MR) is 141 cm³/mol. The lowest BCUT2D eigenvalue weighted by atomic mass is 9.94. The first kappa shape index (κ1) is 25.7. The fourth-order valence-electron chi connectivity index (χ4n) is 5.56. The second-order valence-corrected chi connectivity index (χ2v) is 12.4. The minimum absolute atomic E-state index is 0.0654. The number of carbonyl (C=O) groups is 2. The molecule has 2 N–H and O–H groups in total. The van der Waals surface area contributed by atoms with Crippen LogP contribution in [0.5, 0.6) is 0 Å². The van der Waals surface area contributed by atoms with Crippen LogP contribution in [0.15, 0.2) is 42.5 Å². The lowest BCUT2D eigenvalue weighted by Crippen LogP contribution is -2.52. The highest BCUT2D eigenvalue weighted by Crippen LogP contribution is 2.30. The second kappa shape index (κ2) is 10.8. The molecule has 0 spiro atoms. The number of halogens is 1. The molecule has 2 aliphatic heterocycles. The summed E-state index contributed by atoms with van der Waals surface area (Å²) in [7, 11) is -3.64. The molecule has 0 bridgehead atoms. The van der Waals surface area contributed by atoms with Gasteiger partial charge >= 0.3 is 0 Å². The molecule has 3 aliphatic rings. The molecule has 1 unspecified atom stereocenters. The molecule has 2 fully saturated rings. The van der Waals surface area contributed by atoms with Gasteiger partial charge in [-0.25, -0.2) is 12.8 Å². The Morgan fingerprint density at radius 1 is 0.946 bits per heavy atom. The molecule has 198 valence electrons. The van der Waals surface area contributed by atoms with Gasteiger partial charge in [0, 0.05) is 37.8 Å². The summed E-state index contributed by atoms with van der Waals surface area (Å²) in [6.07, 6.45) is 6.41. The molecule has 2 amide bonds. The molecule has 1 aliphatic carbocycles. The lowest BCUT2D eigenvalue weighted by Gasteiger charge is -2.40. The van der Waals surface area contributed by atoms with Gasteiger partial charge in [0.25, 0.3) is 5.91 Å². The zero-order chi connectivity index (χ0) is 26.0. The Balaban J connectivity index is 1.19. The Labute approximate surface area is 217 Å². The third-order valence-electron chi connectivity index (χ3n) is 7.58. The first-order valence-corrected chi connectivity index (χ1v) is 14.8. The van der Waals surface area contributed by atoms with Crippen LogP contribution in [0.2, 0.25) is 0 Å².